The van der Waals surface area contributed by atoms with Crippen molar-refractivity contribution >= 4 is 17.7 Å². The highest BCUT2D eigenvalue weighted by Crippen LogP contribution is 2.36. The van der Waals surface area contributed by atoms with Gasteiger partial charge >= 0.3 is 0 Å². The van der Waals surface area contributed by atoms with Crippen LogP contribution in [0.2, 0.25) is 0 Å². The van der Waals surface area contributed by atoms with Gasteiger partial charge in [0.05, 0.1) is 0 Å². The molecule has 0 bridgehead atoms. The SMILES string of the molecule is CS[C@H]1O[C@@H](c2ccc(F)c(Cc3ccc(OC4CCN(C(=O)C[C@H](N)Cc5cc(F)c(F)cc5F)CC4)cc3)c2)[C@H](O)[C@@H](O)[C@@H]1O. The van der Waals surface area contributed by atoms with E-state index in [1.807, 2.05) is 12.1 Å². The third-order valence-electron chi connectivity index (χ3n) is 8.62. The molecule has 47 heavy (non-hydrogen) atoms. The number of hydrogen-bond donors (Lipinski definition) is 4. The molecule has 2 aliphatic rings. The van der Waals surface area contributed by atoms with Crippen LogP contribution in [0.1, 0.15) is 47.6 Å². The second-order valence-electron chi connectivity index (χ2n) is 12.0. The van der Waals surface area contributed by atoms with Gasteiger partial charge in [0.15, 0.2) is 11.6 Å². The molecule has 3 aromatic carbocycles. The van der Waals surface area contributed by atoms with E-state index < -0.39 is 59.2 Å². The number of carbonyl (C=O) groups is 1. The van der Waals surface area contributed by atoms with Crippen LogP contribution in [-0.2, 0) is 22.4 Å². The van der Waals surface area contributed by atoms with Gasteiger partial charge in [-0.25, -0.2) is 17.6 Å². The number of thioether (sulfide) groups is 1. The zero-order chi connectivity index (χ0) is 33.8. The van der Waals surface area contributed by atoms with E-state index in [2.05, 4.69) is 0 Å². The smallest absolute Gasteiger partial charge is 0.224 e. The molecule has 0 radical (unpaired) electrons. The van der Waals surface area contributed by atoms with Gasteiger partial charge in [0.1, 0.15) is 53.3 Å². The van der Waals surface area contributed by atoms with Crippen LogP contribution in [0.5, 0.6) is 5.75 Å². The number of carbonyl (C=O) groups excluding carboxylic acids is 1. The number of hydrogen-bond acceptors (Lipinski definition) is 8. The van der Waals surface area contributed by atoms with E-state index in [4.69, 9.17) is 15.2 Å². The molecule has 13 heteroatoms. The van der Waals surface area contributed by atoms with Crippen LogP contribution in [0.4, 0.5) is 17.6 Å². The lowest BCUT2D eigenvalue weighted by Crippen LogP contribution is -2.52. The highest BCUT2D eigenvalue weighted by Gasteiger charge is 2.44. The molecule has 1 amide bonds. The molecule has 0 aromatic heterocycles. The maximum atomic E-state index is 14.8. The van der Waals surface area contributed by atoms with Crippen molar-refractivity contribution in [3.8, 4) is 5.75 Å². The summed E-state index contributed by atoms with van der Waals surface area (Å²) in [6.07, 6.45) is -2.13. The molecular weight excluding hydrogens is 640 g/mol. The number of likely N-dealkylation sites (tertiary alicyclic amines) is 1. The maximum Gasteiger partial charge on any atom is 0.224 e. The lowest BCUT2D eigenvalue weighted by Gasteiger charge is -2.40. The van der Waals surface area contributed by atoms with E-state index in [-0.39, 0.29) is 36.8 Å². The van der Waals surface area contributed by atoms with E-state index in [0.717, 1.165) is 11.6 Å². The quantitative estimate of drug-likeness (QED) is 0.187. The normalized spacial score (nSPS) is 24.3. The standard InChI is InChI=1S/C34H38F4N2O6S/c1-47-34-32(44)30(42)31(43)33(46-34)19-4-7-25(35)20(13-19)12-18-2-5-23(6-3-18)45-24-8-10-40(11-9-24)29(41)16-22(39)14-21-15-27(37)28(38)17-26(21)36/h2-7,13,15,17,22,24,30-34,42-44H,8-12,14,16,39H2,1H3/t22-,30-,31-,32+,33+,34-/m1/s1. The third-order valence-corrected chi connectivity index (χ3v) is 9.48. The molecule has 0 saturated carbocycles. The van der Waals surface area contributed by atoms with Crippen LogP contribution in [-0.4, -0.2) is 81.4 Å². The number of nitrogens with two attached hydrogens (primary N) is 1. The molecule has 2 saturated heterocycles. The van der Waals surface area contributed by atoms with Gasteiger partial charge in [-0.15, -0.1) is 11.8 Å². The van der Waals surface area contributed by atoms with Crippen molar-refractivity contribution in [3.63, 3.8) is 0 Å². The minimum Gasteiger partial charge on any atom is -0.490 e. The van der Waals surface area contributed by atoms with Gasteiger partial charge in [0, 0.05) is 50.9 Å². The first-order valence-electron chi connectivity index (χ1n) is 15.4. The number of aliphatic hydroxyl groups excluding tert-OH is 3. The van der Waals surface area contributed by atoms with Crippen molar-refractivity contribution in [2.45, 2.75) is 74.1 Å². The van der Waals surface area contributed by atoms with Crippen LogP contribution in [0.15, 0.2) is 54.6 Å². The number of piperidine rings is 1. The monoisotopic (exact) mass is 678 g/mol. The Balaban J connectivity index is 1.11. The molecule has 0 spiro atoms. The molecule has 5 N–H and O–H groups in total. The highest BCUT2D eigenvalue weighted by atomic mass is 32.2. The molecule has 6 atom stereocenters. The Bertz CT molecular complexity index is 1540. The lowest BCUT2D eigenvalue weighted by molar-refractivity contribution is -0.200. The van der Waals surface area contributed by atoms with Crippen molar-refractivity contribution < 1.29 is 47.1 Å². The zero-order valence-corrected chi connectivity index (χ0v) is 26.5. The fraction of sp³-hybridized carbons (Fsp3) is 0.441. The largest absolute Gasteiger partial charge is 0.490 e. The number of ether oxygens (including phenoxy) is 2. The number of rotatable bonds is 10. The summed E-state index contributed by atoms with van der Waals surface area (Å²) in [4.78, 5) is 14.4. The van der Waals surface area contributed by atoms with Gasteiger partial charge in [-0.1, -0.05) is 18.2 Å². The highest BCUT2D eigenvalue weighted by molar-refractivity contribution is 7.99. The molecule has 2 aliphatic heterocycles. The second kappa shape index (κ2) is 15.3. The summed E-state index contributed by atoms with van der Waals surface area (Å²) in [7, 11) is 0. The Labute approximate surface area is 274 Å². The fourth-order valence-corrected chi connectivity index (χ4v) is 6.65. The van der Waals surface area contributed by atoms with E-state index in [0.29, 0.717) is 48.9 Å². The number of halogens is 4. The van der Waals surface area contributed by atoms with Crippen LogP contribution in [0.3, 0.4) is 0 Å². The van der Waals surface area contributed by atoms with Crippen molar-refractivity contribution in [3.05, 3.63) is 100 Å². The molecule has 5 rings (SSSR count). The predicted molar refractivity (Wildman–Crippen MR) is 168 cm³/mol. The van der Waals surface area contributed by atoms with Crippen LogP contribution in [0, 0.1) is 23.3 Å². The Kier molecular flexibility index (Phi) is 11.5. The lowest BCUT2D eigenvalue weighted by atomic mass is 9.92. The van der Waals surface area contributed by atoms with Gasteiger partial charge in [0.25, 0.3) is 0 Å². The summed E-state index contributed by atoms with van der Waals surface area (Å²) >= 11 is 1.21. The van der Waals surface area contributed by atoms with Gasteiger partial charge < -0.3 is 35.4 Å². The van der Waals surface area contributed by atoms with Crippen molar-refractivity contribution in [1.29, 1.82) is 0 Å². The van der Waals surface area contributed by atoms with Gasteiger partial charge in [-0.3, -0.25) is 4.79 Å². The maximum absolute atomic E-state index is 14.8. The topological polar surface area (TPSA) is 125 Å². The minimum absolute atomic E-state index is 0.0629. The van der Waals surface area contributed by atoms with Gasteiger partial charge in [0.2, 0.25) is 5.91 Å². The second-order valence-corrected chi connectivity index (χ2v) is 13.0. The number of benzene rings is 3. The first-order valence-corrected chi connectivity index (χ1v) is 16.7. The Hall–Kier alpha value is -3.20. The third kappa shape index (κ3) is 8.45. The first kappa shape index (κ1) is 35.1. The molecule has 2 heterocycles. The van der Waals surface area contributed by atoms with E-state index in [1.165, 1.54) is 23.9 Å². The summed E-state index contributed by atoms with van der Waals surface area (Å²) in [5.41, 5.74) is 6.88. The summed E-state index contributed by atoms with van der Waals surface area (Å²) in [6.45, 7) is 0.882. The van der Waals surface area contributed by atoms with Crippen molar-refractivity contribution in [1.82, 2.24) is 4.90 Å². The van der Waals surface area contributed by atoms with E-state index in [1.54, 1.807) is 29.4 Å². The summed E-state index contributed by atoms with van der Waals surface area (Å²) < 4.78 is 67.4. The molecule has 3 aromatic rings. The van der Waals surface area contributed by atoms with Crippen LogP contribution >= 0.6 is 11.8 Å². The molecule has 254 valence electrons. The van der Waals surface area contributed by atoms with Crippen molar-refractivity contribution in [2.75, 3.05) is 19.3 Å². The van der Waals surface area contributed by atoms with Crippen molar-refractivity contribution in [2.24, 2.45) is 5.73 Å². The van der Waals surface area contributed by atoms with E-state index in [9.17, 15) is 37.7 Å². The van der Waals surface area contributed by atoms with Gasteiger partial charge in [-0.2, -0.15) is 0 Å². The molecular formula is C34H38F4N2O6S. The predicted octanol–water partition coefficient (Wildman–Crippen LogP) is 4.01. The van der Waals surface area contributed by atoms with Crippen LogP contribution in [0.25, 0.3) is 0 Å². The minimum atomic E-state index is -1.40. The average Bonchev–Trinajstić information content (AvgIpc) is 3.05. The van der Waals surface area contributed by atoms with Crippen LogP contribution < -0.4 is 10.5 Å². The number of nitrogens with zero attached hydrogens (tertiary/aromatic N) is 1. The fourth-order valence-electron chi connectivity index (χ4n) is 5.97. The number of amides is 1. The number of aliphatic hydroxyl groups is 3. The molecule has 0 unspecified atom stereocenters. The molecule has 2 fully saturated rings. The summed E-state index contributed by atoms with van der Waals surface area (Å²) in [6, 6.07) is 12.1. The van der Waals surface area contributed by atoms with Gasteiger partial charge in [-0.05, 0) is 65.3 Å². The Morgan fingerprint density at radius 1 is 0.915 bits per heavy atom. The Morgan fingerprint density at radius 3 is 2.28 bits per heavy atom. The summed E-state index contributed by atoms with van der Waals surface area (Å²) in [5, 5.41) is 31.0. The first-order chi connectivity index (χ1) is 22.4. The Morgan fingerprint density at radius 2 is 1.60 bits per heavy atom. The molecule has 0 aliphatic carbocycles. The van der Waals surface area contributed by atoms with E-state index >= 15 is 0 Å². The average molecular weight is 679 g/mol. The molecule has 8 nitrogen and oxygen atoms in total. The zero-order valence-electron chi connectivity index (χ0n) is 25.7. The summed E-state index contributed by atoms with van der Waals surface area (Å²) in [5.74, 6) is -3.37.